The Morgan fingerprint density at radius 3 is 2.73 bits per heavy atom. The number of hydrogen-bond donors (Lipinski definition) is 0. The van der Waals surface area contributed by atoms with Gasteiger partial charge in [-0.05, 0) is 37.1 Å². The van der Waals surface area contributed by atoms with Gasteiger partial charge in [0.25, 0.3) is 0 Å². The van der Waals surface area contributed by atoms with E-state index in [0.29, 0.717) is 12.6 Å². The number of nitrogens with zero attached hydrogens (tertiary/aromatic N) is 3. The highest BCUT2D eigenvalue weighted by Gasteiger charge is 2.46. The molecule has 3 aliphatic rings. The van der Waals surface area contributed by atoms with Crippen molar-refractivity contribution < 1.29 is 9.53 Å². The molecule has 0 radical (unpaired) electrons. The Balaban J connectivity index is 1.53. The number of anilines is 1. The van der Waals surface area contributed by atoms with Gasteiger partial charge in [0.15, 0.2) is 0 Å². The molecule has 1 saturated carbocycles. The van der Waals surface area contributed by atoms with Crippen molar-refractivity contribution in [3.05, 3.63) is 54.4 Å². The van der Waals surface area contributed by atoms with Crippen LogP contribution < -0.4 is 9.64 Å². The van der Waals surface area contributed by atoms with E-state index in [2.05, 4.69) is 9.88 Å². The largest absolute Gasteiger partial charge is 0.487 e. The smallest absolute Gasteiger partial charge is 0.244 e. The van der Waals surface area contributed by atoms with E-state index in [0.717, 1.165) is 30.1 Å². The summed E-state index contributed by atoms with van der Waals surface area (Å²) in [6.45, 7) is 1.33. The zero-order chi connectivity index (χ0) is 17.5. The van der Waals surface area contributed by atoms with E-state index >= 15 is 0 Å². The molecule has 2 aromatic rings. The highest BCUT2D eigenvalue weighted by molar-refractivity contribution is 5.99. The van der Waals surface area contributed by atoms with E-state index < -0.39 is 0 Å². The van der Waals surface area contributed by atoms with Gasteiger partial charge < -0.3 is 9.64 Å². The Morgan fingerprint density at radius 1 is 1.12 bits per heavy atom. The molecule has 5 nitrogen and oxygen atoms in total. The number of rotatable bonds is 3. The second-order valence-electron chi connectivity index (χ2n) is 7.49. The van der Waals surface area contributed by atoms with Crippen LogP contribution in [0.4, 0.5) is 5.69 Å². The van der Waals surface area contributed by atoms with Gasteiger partial charge >= 0.3 is 0 Å². The van der Waals surface area contributed by atoms with Gasteiger partial charge in [-0.1, -0.05) is 24.6 Å². The van der Waals surface area contributed by atoms with Crippen molar-refractivity contribution >= 4 is 11.6 Å². The van der Waals surface area contributed by atoms with Gasteiger partial charge in [0.2, 0.25) is 5.91 Å². The Hall–Kier alpha value is -2.40. The van der Waals surface area contributed by atoms with Gasteiger partial charge in [-0.25, -0.2) is 0 Å². The molecular weight excluding hydrogens is 326 g/mol. The molecule has 0 unspecified atom stereocenters. The summed E-state index contributed by atoms with van der Waals surface area (Å²) in [5, 5.41) is 0. The van der Waals surface area contributed by atoms with Crippen LogP contribution in [-0.2, 0) is 11.3 Å². The topological polar surface area (TPSA) is 45.7 Å². The van der Waals surface area contributed by atoms with Gasteiger partial charge in [-0.15, -0.1) is 0 Å². The van der Waals surface area contributed by atoms with Crippen LogP contribution in [-0.4, -0.2) is 40.5 Å². The van der Waals surface area contributed by atoms with Crippen LogP contribution >= 0.6 is 0 Å². The lowest BCUT2D eigenvalue weighted by Gasteiger charge is -2.39. The molecule has 1 aliphatic carbocycles. The summed E-state index contributed by atoms with van der Waals surface area (Å²) < 4.78 is 6.34. The number of ether oxygens (including phenoxy) is 1. The van der Waals surface area contributed by atoms with Crippen LogP contribution in [0.3, 0.4) is 0 Å². The Bertz CT molecular complexity index is 806. The van der Waals surface area contributed by atoms with E-state index in [9.17, 15) is 4.79 Å². The summed E-state index contributed by atoms with van der Waals surface area (Å²) in [5.41, 5.74) is 1.74. The number of carbonyl (C=O) groups excluding carboxylic acids is 1. The average molecular weight is 349 g/mol. The van der Waals surface area contributed by atoms with Crippen molar-refractivity contribution in [2.24, 2.45) is 0 Å². The fourth-order valence-electron chi connectivity index (χ4n) is 4.35. The third-order valence-corrected chi connectivity index (χ3v) is 5.89. The number of benzene rings is 1. The van der Waals surface area contributed by atoms with E-state index in [1.165, 1.54) is 19.3 Å². The van der Waals surface area contributed by atoms with Crippen molar-refractivity contribution in [3.8, 4) is 5.75 Å². The second kappa shape index (κ2) is 6.40. The fraction of sp³-hybridized carbons (Fsp3) is 0.429. The lowest BCUT2D eigenvalue weighted by molar-refractivity contribution is -0.124. The maximum atomic E-state index is 13.6. The zero-order valence-corrected chi connectivity index (χ0v) is 14.8. The number of amides is 1. The number of hydrogen-bond acceptors (Lipinski definition) is 4. The summed E-state index contributed by atoms with van der Waals surface area (Å²) in [5.74, 6) is 0.983. The third kappa shape index (κ3) is 2.67. The van der Waals surface area contributed by atoms with Crippen LogP contribution in [0.2, 0.25) is 0 Å². The summed E-state index contributed by atoms with van der Waals surface area (Å²) >= 11 is 0. The molecule has 26 heavy (non-hydrogen) atoms. The Morgan fingerprint density at radius 2 is 1.96 bits per heavy atom. The maximum absolute atomic E-state index is 13.6. The van der Waals surface area contributed by atoms with Crippen LogP contribution in [0.25, 0.3) is 0 Å². The van der Waals surface area contributed by atoms with Crippen LogP contribution in [0.15, 0.2) is 48.7 Å². The summed E-state index contributed by atoms with van der Waals surface area (Å²) in [6, 6.07) is 14.2. The number of likely N-dealkylation sites (tertiary alicyclic amines) is 1. The van der Waals surface area contributed by atoms with Gasteiger partial charge in [0, 0.05) is 25.2 Å². The average Bonchev–Trinajstić information content (AvgIpc) is 3.03. The minimum absolute atomic E-state index is 0.0811. The van der Waals surface area contributed by atoms with Gasteiger partial charge in [0.1, 0.15) is 11.9 Å². The van der Waals surface area contributed by atoms with Crippen LogP contribution in [0.5, 0.6) is 5.75 Å². The number of fused-ring (bicyclic) bond motifs is 3. The highest BCUT2D eigenvalue weighted by atomic mass is 16.5. The van der Waals surface area contributed by atoms with Crippen molar-refractivity contribution in [1.29, 1.82) is 0 Å². The molecule has 1 saturated heterocycles. The molecule has 0 spiro atoms. The SMILES string of the molecule is O=C1[C@@H]2C[C@@H](CN2C2CCC2)Oc2ccccc2N1Cc1ccccn1. The molecule has 2 aliphatic heterocycles. The van der Waals surface area contributed by atoms with Crippen molar-refractivity contribution in [3.63, 3.8) is 0 Å². The molecule has 2 fully saturated rings. The minimum Gasteiger partial charge on any atom is -0.487 e. The normalized spacial score (nSPS) is 25.8. The van der Waals surface area contributed by atoms with Crippen molar-refractivity contribution in [2.45, 2.75) is 50.4 Å². The molecule has 1 aromatic heterocycles. The van der Waals surface area contributed by atoms with Crippen molar-refractivity contribution in [1.82, 2.24) is 9.88 Å². The van der Waals surface area contributed by atoms with E-state index in [-0.39, 0.29) is 18.1 Å². The monoisotopic (exact) mass is 349 g/mol. The quantitative estimate of drug-likeness (QED) is 0.855. The molecule has 3 heterocycles. The summed E-state index contributed by atoms with van der Waals surface area (Å²) in [4.78, 5) is 22.3. The number of aromatic nitrogens is 1. The molecule has 2 bridgehead atoms. The molecule has 1 aromatic carbocycles. The lowest BCUT2D eigenvalue weighted by atomic mass is 9.91. The molecular formula is C21H23N3O2. The van der Waals surface area contributed by atoms with E-state index in [4.69, 9.17) is 4.74 Å². The molecule has 1 amide bonds. The van der Waals surface area contributed by atoms with E-state index in [1.54, 1.807) is 6.20 Å². The van der Waals surface area contributed by atoms with E-state index in [1.807, 2.05) is 47.4 Å². The van der Waals surface area contributed by atoms with Gasteiger partial charge in [0.05, 0.1) is 24.0 Å². The Labute approximate surface area is 153 Å². The summed E-state index contributed by atoms with van der Waals surface area (Å²) in [6.07, 6.45) is 6.32. The number of pyridine rings is 1. The predicted octanol–water partition coefficient (Wildman–Crippen LogP) is 3.00. The summed E-state index contributed by atoms with van der Waals surface area (Å²) in [7, 11) is 0. The first-order valence-corrected chi connectivity index (χ1v) is 9.52. The number of para-hydroxylation sites is 2. The fourth-order valence-corrected chi connectivity index (χ4v) is 4.35. The number of carbonyl (C=O) groups is 1. The molecule has 2 atom stereocenters. The van der Waals surface area contributed by atoms with Crippen LogP contribution in [0, 0.1) is 0 Å². The molecule has 134 valence electrons. The standard InChI is InChI=1S/C21H23N3O2/c25-21-19-12-17(14-23(19)16-7-5-8-16)26-20-10-2-1-9-18(20)24(21)13-15-6-3-4-11-22-15/h1-4,6,9-11,16-17,19H,5,7-8,12-14H2/t17-,19-/m0/s1. The lowest BCUT2D eigenvalue weighted by Crippen LogP contribution is -2.51. The van der Waals surface area contributed by atoms with Crippen molar-refractivity contribution in [2.75, 3.05) is 11.4 Å². The molecule has 5 heteroatoms. The third-order valence-electron chi connectivity index (χ3n) is 5.89. The second-order valence-corrected chi connectivity index (χ2v) is 7.49. The maximum Gasteiger partial charge on any atom is 0.244 e. The molecule has 0 N–H and O–H groups in total. The van der Waals surface area contributed by atoms with Gasteiger partial charge in [-0.2, -0.15) is 0 Å². The first kappa shape index (κ1) is 15.8. The minimum atomic E-state index is -0.0811. The highest BCUT2D eigenvalue weighted by Crippen LogP contribution is 2.39. The zero-order valence-electron chi connectivity index (χ0n) is 14.8. The first-order valence-electron chi connectivity index (χ1n) is 9.52. The predicted molar refractivity (Wildman–Crippen MR) is 99.0 cm³/mol. The van der Waals surface area contributed by atoms with Crippen LogP contribution in [0.1, 0.15) is 31.4 Å². The van der Waals surface area contributed by atoms with Gasteiger partial charge in [-0.3, -0.25) is 14.7 Å². The Kier molecular flexibility index (Phi) is 3.89. The first-order chi connectivity index (χ1) is 12.8. The molecule has 5 rings (SSSR count).